The highest BCUT2D eigenvalue weighted by molar-refractivity contribution is 6.01. The van der Waals surface area contributed by atoms with Gasteiger partial charge in [-0.3, -0.25) is 15.0 Å². The summed E-state index contributed by atoms with van der Waals surface area (Å²) >= 11 is 0. The monoisotopic (exact) mass is 419 g/mol. The third-order valence-electron chi connectivity index (χ3n) is 4.30. The summed E-state index contributed by atoms with van der Waals surface area (Å²) in [7, 11) is 0. The second kappa shape index (κ2) is 10.4. The van der Waals surface area contributed by atoms with E-state index >= 15 is 0 Å². The summed E-state index contributed by atoms with van der Waals surface area (Å²) in [6.07, 6.45) is 0. The number of carbonyl (C=O) groups is 2. The molecule has 0 bridgehead atoms. The second-order valence-electron chi connectivity index (χ2n) is 6.47. The van der Waals surface area contributed by atoms with E-state index in [1.54, 1.807) is 36.4 Å². The Hall–Kier alpha value is -4.40. The second-order valence-corrected chi connectivity index (χ2v) is 6.47. The maximum absolute atomic E-state index is 12.9. The van der Waals surface area contributed by atoms with Crippen LogP contribution in [0, 0.1) is 10.1 Å². The first-order chi connectivity index (χ1) is 15.0. The standard InChI is InChI=1S/C22H21N5O4/c28-21(24-17-7-3-1-4-8-17)23-15-16-26(19-9-5-2-6-10-19)22(29)25-18-11-13-20(14-12-18)27(30)31/h1-14H,15-16H2,(H,25,29)(H2,23,24,28). The van der Waals surface area contributed by atoms with Crippen molar-refractivity contribution in [2.75, 3.05) is 28.6 Å². The van der Waals surface area contributed by atoms with Crippen LogP contribution in [0.4, 0.5) is 32.3 Å². The van der Waals surface area contributed by atoms with E-state index in [0.717, 1.165) is 0 Å². The maximum Gasteiger partial charge on any atom is 0.326 e. The molecule has 0 radical (unpaired) electrons. The van der Waals surface area contributed by atoms with Crippen molar-refractivity contribution in [3.05, 3.63) is 95.0 Å². The number of rotatable bonds is 7. The minimum Gasteiger partial charge on any atom is -0.336 e. The Morgan fingerprint density at radius 3 is 2.00 bits per heavy atom. The highest BCUT2D eigenvalue weighted by Crippen LogP contribution is 2.18. The molecule has 3 N–H and O–H groups in total. The lowest BCUT2D eigenvalue weighted by Gasteiger charge is -2.23. The third kappa shape index (κ3) is 6.29. The van der Waals surface area contributed by atoms with Gasteiger partial charge in [0.05, 0.1) is 4.92 Å². The topological polar surface area (TPSA) is 117 Å². The number of nitrogens with zero attached hydrogens (tertiary/aromatic N) is 2. The number of non-ortho nitro benzene ring substituents is 1. The van der Waals surface area contributed by atoms with Crippen molar-refractivity contribution in [3.63, 3.8) is 0 Å². The third-order valence-corrected chi connectivity index (χ3v) is 4.30. The van der Waals surface area contributed by atoms with Crippen molar-refractivity contribution in [1.82, 2.24) is 5.32 Å². The van der Waals surface area contributed by atoms with Crippen LogP contribution in [0.1, 0.15) is 0 Å². The molecule has 0 aliphatic rings. The van der Waals surface area contributed by atoms with Crippen LogP contribution < -0.4 is 20.9 Å². The van der Waals surface area contributed by atoms with Crippen LogP contribution in [0.5, 0.6) is 0 Å². The number of amides is 4. The number of hydrogen-bond acceptors (Lipinski definition) is 4. The zero-order valence-electron chi connectivity index (χ0n) is 16.5. The molecule has 0 saturated heterocycles. The summed E-state index contributed by atoms with van der Waals surface area (Å²) < 4.78 is 0. The molecule has 0 fully saturated rings. The van der Waals surface area contributed by atoms with E-state index in [1.807, 2.05) is 24.3 Å². The first-order valence-corrected chi connectivity index (χ1v) is 9.51. The van der Waals surface area contributed by atoms with Crippen LogP contribution in [0.2, 0.25) is 0 Å². The van der Waals surface area contributed by atoms with Gasteiger partial charge >= 0.3 is 12.1 Å². The van der Waals surface area contributed by atoms with Crippen molar-refractivity contribution in [2.45, 2.75) is 0 Å². The minimum atomic E-state index is -0.506. The number of nitro groups is 1. The molecule has 0 aromatic heterocycles. The molecule has 0 unspecified atom stereocenters. The predicted molar refractivity (Wildman–Crippen MR) is 119 cm³/mol. The van der Waals surface area contributed by atoms with Crippen LogP contribution in [-0.4, -0.2) is 30.1 Å². The van der Waals surface area contributed by atoms with E-state index < -0.39 is 11.0 Å². The molecule has 3 aromatic carbocycles. The Balaban J connectivity index is 1.62. The largest absolute Gasteiger partial charge is 0.336 e. The number of carbonyl (C=O) groups excluding carboxylic acids is 2. The number of anilines is 3. The fraction of sp³-hybridized carbons (Fsp3) is 0.0909. The quantitative estimate of drug-likeness (QED) is 0.387. The van der Waals surface area contributed by atoms with Gasteiger partial charge in [-0.15, -0.1) is 0 Å². The van der Waals surface area contributed by atoms with Gasteiger partial charge in [-0.1, -0.05) is 36.4 Å². The summed E-state index contributed by atoms with van der Waals surface area (Å²) in [5, 5.41) is 18.9. The number of nitrogens with one attached hydrogen (secondary N) is 3. The highest BCUT2D eigenvalue weighted by Gasteiger charge is 2.16. The molecule has 3 rings (SSSR count). The maximum atomic E-state index is 12.9. The molecule has 0 spiro atoms. The van der Waals surface area contributed by atoms with E-state index in [0.29, 0.717) is 17.1 Å². The normalized spacial score (nSPS) is 10.1. The summed E-state index contributed by atoms with van der Waals surface area (Å²) in [6, 6.07) is 22.8. The Morgan fingerprint density at radius 2 is 1.39 bits per heavy atom. The van der Waals surface area contributed by atoms with Crippen molar-refractivity contribution in [3.8, 4) is 0 Å². The fourth-order valence-electron chi connectivity index (χ4n) is 2.79. The average Bonchev–Trinajstić information content (AvgIpc) is 2.78. The number of hydrogen-bond donors (Lipinski definition) is 3. The fourth-order valence-corrected chi connectivity index (χ4v) is 2.79. The van der Waals surface area contributed by atoms with Gasteiger partial charge in [-0.25, -0.2) is 9.59 Å². The van der Waals surface area contributed by atoms with Gasteiger partial charge in [0.2, 0.25) is 0 Å². The number of para-hydroxylation sites is 2. The summed E-state index contributed by atoms with van der Waals surface area (Å²) in [4.78, 5) is 36.7. The molecule has 0 saturated carbocycles. The van der Waals surface area contributed by atoms with Crippen molar-refractivity contribution < 1.29 is 14.5 Å². The van der Waals surface area contributed by atoms with E-state index in [2.05, 4.69) is 16.0 Å². The Morgan fingerprint density at radius 1 is 0.806 bits per heavy atom. The molecule has 0 atom stereocenters. The lowest BCUT2D eigenvalue weighted by Crippen LogP contribution is -2.42. The van der Waals surface area contributed by atoms with E-state index in [1.165, 1.54) is 29.2 Å². The molecule has 0 heterocycles. The van der Waals surface area contributed by atoms with Crippen LogP contribution in [-0.2, 0) is 0 Å². The Labute approximate surface area is 178 Å². The number of nitro benzene ring substituents is 1. The molecule has 158 valence electrons. The molecule has 31 heavy (non-hydrogen) atoms. The highest BCUT2D eigenvalue weighted by atomic mass is 16.6. The van der Waals surface area contributed by atoms with Gasteiger partial charge in [0.25, 0.3) is 5.69 Å². The molecule has 0 aliphatic heterocycles. The van der Waals surface area contributed by atoms with Crippen LogP contribution in [0.15, 0.2) is 84.9 Å². The first-order valence-electron chi connectivity index (χ1n) is 9.51. The molecule has 9 nitrogen and oxygen atoms in total. The first kappa shape index (κ1) is 21.3. The minimum absolute atomic E-state index is 0.0634. The lowest BCUT2D eigenvalue weighted by molar-refractivity contribution is -0.384. The predicted octanol–water partition coefficient (Wildman–Crippen LogP) is 4.46. The smallest absolute Gasteiger partial charge is 0.326 e. The Kier molecular flexibility index (Phi) is 7.15. The number of urea groups is 2. The van der Waals surface area contributed by atoms with Gasteiger partial charge < -0.3 is 16.0 Å². The van der Waals surface area contributed by atoms with E-state index in [9.17, 15) is 19.7 Å². The van der Waals surface area contributed by atoms with E-state index in [4.69, 9.17) is 0 Å². The van der Waals surface area contributed by atoms with Gasteiger partial charge in [0, 0.05) is 42.3 Å². The molecular formula is C22H21N5O4. The summed E-state index contributed by atoms with van der Waals surface area (Å²) in [5.41, 5.74) is 1.67. The van der Waals surface area contributed by atoms with Crippen LogP contribution >= 0.6 is 0 Å². The molecule has 4 amide bonds. The SMILES string of the molecule is O=C(NCCN(C(=O)Nc1ccc([N+](=O)[O-])cc1)c1ccccc1)Nc1ccccc1. The average molecular weight is 419 g/mol. The lowest BCUT2D eigenvalue weighted by atomic mass is 10.2. The summed E-state index contributed by atoms with van der Waals surface area (Å²) in [5.74, 6) is 0. The van der Waals surface area contributed by atoms with Crippen molar-refractivity contribution >= 4 is 34.8 Å². The molecule has 3 aromatic rings. The molecular weight excluding hydrogens is 398 g/mol. The van der Waals surface area contributed by atoms with Gasteiger partial charge in [0.1, 0.15) is 0 Å². The van der Waals surface area contributed by atoms with Crippen molar-refractivity contribution in [1.29, 1.82) is 0 Å². The summed E-state index contributed by atoms with van der Waals surface area (Å²) in [6.45, 7) is 0.423. The number of benzene rings is 3. The van der Waals surface area contributed by atoms with Crippen LogP contribution in [0.3, 0.4) is 0 Å². The van der Waals surface area contributed by atoms with Crippen molar-refractivity contribution in [2.24, 2.45) is 0 Å². The molecule has 9 heteroatoms. The van der Waals surface area contributed by atoms with Gasteiger partial charge in [-0.2, -0.15) is 0 Å². The Bertz CT molecular complexity index is 1030. The van der Waals surface area contributed by atoms with Gasteiger partial charge in [0.15, 0.2) is 0 Å². The zero-order valence-corrected chi connectivity index (χ0v) is 16.5. The van der Waals surface area contributed by atoms with Gasteiger partial charge in [-0.05, 0) is 36.4 Å². The zero-order chi connectivity index (χ0) is 22.1. The van der Waals surface area contributed by atoms with E-state index in [-0.39, 0.29) is 24.8 Å². The van der Waals surface area contributed by atoms with Crippen LogP contribution in [0.25, 0.3) is 0 Å². The molecule has 0 aliphatic carbocycles.